The zero-order valence-corrected chi connectivity index (χ0v) is 77.3. The van der Waals surface area contributed by atoms with E-state index >= 15 is 0 Å². The molecule has 4 aromatic carbocycles. The van der Waals surface area contributed by atoms with Crippen LogP contribution in [-0.2, 0) is 26.5 Å². The minimum Gasteiger partial charge on any atom is -0.390 e. The van der Waals surface area contributed by atoms with Crippen LogP contribution in [0, 0.1) is 29.6 Å². The molecule has 133 heavy (non-hydrogen) atoms. The molecule has 37 heteroatoms. The molecule has 2 aliphatic heterocycles. The van der Waals surface area contributed by atoms with Crippen molar-refractivity contribution in [3.05, 3.63) is 217 Å². The molecule has 10 aromatic heterocycles. The molecule has 4 atom stereocenters. The third kappa shape index (κ3) is 21.6. The molecule has 0 spiro atoms. The summed E-state index contributed by atoms with van der Waals surface area (Å²) in [6.07, 6.45) is 26.3. The number of piperazine rings is 1. The fraction of sp³-hybridized carbons (Fsp3) is 0.406. The molecule has 0 bridgehead atoms. The molecule has 1 amide bonds. The van der Waals surface area contributed by atoms with Crippen LogP contribution in [0.1, 0.15) is 181 Å². The summed E-state index contributed by atoms with van der Waals surface area (Å²) in [6, 6.07) is 34.1. The van der Waals surface area contributed by atoms with Gasteiger partial charge in [0.2, 0.25) is 29.7 Å². The van der Waals surface area contributed by atoms with E-state index < -0.39 is 27.6 Å². The van der Waals surface area contributed by atoms with Gasteiger partial charge in [-0.25, -0.2) is 59.8 Å². The minimum atomic E-state index is -0.851. The van der Waals surface area contributed by atoms with Gasteiger partial charge in [-0.15, -0.1) is 0 Å². The number of rotatable bonds is 27. The normalized spacial score (nSPS) is 16.2. The van der Waals surface area contributed by atoms with Gasteiger partial charge in [0.1, 0.15) is 29.6 Å². The number of piperidine rings is 1. The Kier molecular flexibility index (Phi) is 27.1. The Morgan fingerprint density at radius 2 is 0.699 bits per heavy atom. The number of nitrogens with zero attached hydrogens (tertiary/aromatic N) is 22. The van der Waals surface area contributed by atoms with Gasteiger partial charge in [-0.3, -0.25) is 4.79 Å². The number of carbonyl (C=O) groups is 1. The van der Waals surface area contributed by atoms with E-state index in [2.05, 4.69) is 247 Å². The first-order valence-electron chi connectivity index (χ1n) is 44.6. The van der Waals surface area contributed by atoms with Crippen molar-refractivity contribution in [2.75, 3.05) is 89.2 Å². The molecule has 4 aliphatic rings. The number of aliphatic hydroxyl groups is 3. The van der Waals surface area contributed by atoms with Gasteiger partial charge < -0.3 is 82.1 Å². The Hall–Kier alpha value is -14.3. The zero-order valence-electron chi connectivity index (χ0n) is 77.3. The standard InChI is InChI=1S/2C25H28N8O2.C25H34N6O2.C21H25N7O2/c2*1-24(2,34)14-31-20-13-27-19(12-28-20)21-32-22(33-35-21)25(3,18-8-9-18)17-6-4-15(5-7-17)16-10-29-23(26)30-11-16;1-16(2)25(5,20-8-6-17(7-9-20)18-14-27-22(26)28-15-18)21-29-23(33-30-21)31-12-10-19(11-13-31)24(3,4)32;1-13(2)21(3,18-26-20(30-27-18)28-9-8-23-17(29)12-28)16-6-4-14(5-7-16)15-10-24-19(22)25-11-15/h2*4-7,10-13,18,34H,8-9,14H2,1-3H3,(H,28,31)(H2,26,29,30);6-9,14-16,19,32H,10-13H2,1-5H3,(H2,26,27,28);4-7,10-11,13H,8-9,12H2,1-3H3,(H,23,29)(H2,22,24,25)/t2*25-;;/m10../s1. The van der Waals surface area contributed by atoms with Crippen molar-refractivity contribution in [3.63, 3.8) is 0 Å². The highest BCUT2D eigenvalue weighted by atomic mass is 16.5. The van der Waals surface area contributed by atoms with Crippen molar-refractivity contribution in [2.24, 2.45) is 29.6 Å². The first-order chi connectivity index (χ1) is 63.4. The van der Waals surface area contributed by atoms with Gasteiger partial charge in [0.25, 0.3) is 11.8 Å². The molecular formula is C96H115N29O8. The highest BCUT2D eigenvalue weighted by Gasteiger charge is 2.50. The monoisotopic (exact) mass is 1800 g/mol. The molecule has 2 unspecified atom stereocenters. The summed E-state index contributed by atoms with van der Waals surface area (Å²) < 4.78 is 22.5. The first kappa shape index (κ1) is 93.4. The number of amides is 1. The Morgan fingerprint density at radius 1 is 0.376 bits per heavy atom. The van der Waals surface area contributed by atoms with Crippen LogP contribution >= 0.6 is 0 Å². The van der Waals surface area contributed by atoms with Crippen molar-refractivity contribution in [3.8, 4) is 67.7 Å². The van der Waals surface area contributed by atoms with Crippen LogP contribution in [0.5, 0.6) is 0 Å². The molecule has 2 saturated carbocycles. The number of hydrogen-bond acceptors (Lipinski definition) is 36. The SMILES string of the molecule is CC(C)(O)CNc1cnc(-c2nc([C@@](C)(c3ccc(-c4cnc(N)nc4)cc3)C3CC3)no2)cn1.CC(C)(O)CNc1cnc(-c2nc([C@](C)(c3ccc(-c4cnc(N)nc4)cc3)C3CC3)no2)cn1.CC(C)C(C)(c1ccc(-c2cnc(N)nc2)cc1)c1noc(N2CCC(C(C)(C)O)CC2)n1.CC(C)C(C)(c1ccc(-c2cnc(N)nc2)cc1)c1noc(N2CCNC(=O)C2)n1. The quantitative estimate of drug-likeness (QED) is 0.0229. The second-order valence-electron chi connectivity index (χ2n) is 37.5. The number of hydrogen-bond donors (Lipinski definition) is 10. The Morgan fingerprint density at radius 3 is 0.992 bits per heavy atom. The maximum absolute atomic E-state index is 11.7. The summed E-state index contributed by atoms with van der Waals surface area (Å²) in [6.45, 7) is 31.6. The first-order valence-corrected chi connectivity index (χ1v) is 44.6. The topological polar surface area (TPSA) is 535 Å². The molecule has 4 fully saturated rings. The van der Waals surface area contributed by atoms with Gasteiger partial charge in [-0.1, -0.05) is 145 Å². The Bertz CT molecular complexity index is 5990. The van der Waals surface area contributed by atoms with E-state index in [1.165, 1.54) is 0 Å². The van der Waals surface area contributed by atoms with E-state index in [9.17, 15) is 20.1 Å². The highest BCUT2D eigenvalue weighted by Crippen LogP contribution is 2.53. The lowest BCUT2D eigenvalue weighted by atomic mass is 9.72. The van der Waals surface area contributed by atoms with Crippen LogP contribution in [0.25, 0.3) is 67.7 Å². The second-order valence-corrected chi connectivity index (χ2v) is 37.5. The predicted octanol–water partition coefficient (Wildman–Crippen LogP) is 13.0. The van der Waals surface area contributed by atoms with Crippen LogP contribution in [0.2, 0.25) is 0 Å². The van der Waals surface area contributed by atoms with Crippen molar-refractivity contribution in [1.29, 1.82) is 0 Å². The number of anilines is 8. The second kappa shape index (κ2) is 38.6. The number of nitrogen functional groups attached to an aromatic ring is 4. The van der Waals surface area contributed by atoms with E-state index in [4.69, 9.17) is 56.0 Å². The molecule has 2 saturated heterocycles. The molecular weight excluding hydrogens is 1690 g/mol. The summed E-state index contributed by atoms with van der Waals surface area (Å²) in [5, 5.41) is 56.3. The van der Waals surface area contributed by atoms with E-state index in [1.807, 2.05) is 26.0 Å². The average Bonchev–Trinajstić information content (AvgIpc) is 1.61. The lowest BCUT2D eigenvalue weighted by Crippen LogP contribution is -2.47. The van der Waals surface area contributed by atoms with Gasteiger partial charge in [-0.05, 0) is 182 Å². The molecule has 14 aromatic rings. The lowest BCUT2D eigenvalue weighted by Gasteiger charge is -2.37. The minimum absolute atomic E-state index is 0.0464. The average molecular weight is 1800 g/mol. The van der Waals surface area contributed by atoms with E-state index in [1.54, 1.807) is 107 Å². The number of benzene rings is 4. The summed E-state index contributed by atoms with van der Waals surface area (Å²) in [4.78, 5) is 84.7. The van der Waals surface area contributed by atoms with Crippen LogP contribution < -0.4 is 48.7 Å². The van der Waals surface area contributed by atoms with Crippen molar-refractivity contribution in [1.82, 2.24) is 106 Å². The summed E-state index contributed by atoms with van der Waals surface area (Å²) in [5.74, 6) is 6.87. The summed E-state index contributed by atoms with van der Waals surface area (Å²) >= 11 is 0. The maximum Gasteiger partial charge on any atom is 0.324 e. The number of carbonyl (C=O) groups excluding carboxylic acids is 1. The maximum atomic E-state index is 11.7. The third-order valence-corrected chi connectivity index (χ3v) is 25.8. The lowest BCUT2D eigenvalue weighted by molar-refractivity contribution is -0.120. The zero-order chi connectivity index (χ0) is 94.4. The van der Waals surface area contributed by atoms with E-state index in [0.717, 1.165) is 118 Å². The molecule has 692 valence electrons. The molecule has 18 rings (SSSR count). The Labute approximate surface area is 770 Å². The van der Waals surface area contributed by atoms with Crippen LogP contribution in [0.4, 0.5) is 47.5 Å². The fourth-order valence-electron chi connectivity index (χ4n) is 16.3. The van der Waals surface area contributed by atoms with Crippen molar-refractivity contribution < 1.29 is 38.2 Å². The van der Waals surface area contributed by atoms with Crippen LogP contribution in [0.3, 0.4) is 0 Å². The van der Waals surface area contributed by atoms with E-state index in [0.29, 0.717) is 108 Å². The number of nitrogens with one attached hydrogen (secondary N) is 3. The molecule has 14 N–H and O–H groups in total. The van der Waals surface area contributed by atoms with Crippen LogP contribution in [0.15, 0.2) is 190 Å². The summed E-state index contributed by atoms with van der Waals surface area (Å²) in [5.41, 5.74) is 31.4. The van der Waals surface area contributed by atoms with Gasteiger partial charge in [0.15, 0.2) is 23.3 Å². The predicted molar refractivity (Wildman–Crippen MR) is 504 cm³/mol. The molecule has 37 nitrogen and oxygen atoms in total. The van der Waals surface area contributed by atoms with Gasteiger partial charge in [0.05, 0.1) is 63.3 Å². The van der Waals surface area contributed by atoms with E-state index in [-0.39, 0.29) is 64.8 Å². The van der Waals surface area contributed by atoms with Crippen molar-refractivity contribution >= 4 is 53.4 Å². The van der Waals surface area contributed by atoms with Crippen LogP contribution in [-0.4, -0.2) is 184 Å². The van der Waals surface area contributed by atoms with Gasteiger partial charge >= 0.3 is 12.0 Å². The number of nitrogens with two attached hydrogens (primary N) is 4. The Balaban J connectivity index is 0.000000136. The molecule has 0 radical (unpaired) electrons. The highest BCUT2D eigenvalue weighted by molar-refractivity contribution is 5.82. The smallest absolute Gasteiger partial charge is 0.324 e. The van der Waals surface area contributed by atoms with Gasteiger partial charge in [-0.2, -0.15) is 19.9 Å². The molecule has 2 aliphatic carbocycles. The largest absolute Gasteiger partial charge is 0.390 e. The summed E-state index contributed by atoms with van der Waals surface area (Å²) in [7, 11) is 0. The molecule has 12 heterocycles. The van der Waals surface area contributed by atoms with Gasteiger partial charge in [0, 0.05) is 111 Å². The third-order valence-electron chi connectivity index (χ3n) is 25.8. The fourth-order valence-corrected chi connectivity index (χ4v) is 16.3. The van der Waals surface area contributed by atoms with Crippen molar-refractivity contribution in [2.45, 2.75) is 174 Å². The number of aromatic nitrogens is 20.